The van der Waals surface area contributed by atoms with Gasteiger partial charge in [-0.2, -0.15) is 0 Å². The van der Waals surface area contributed by atoms with E-state index in [0.29, 0.717) is 19.6 Å². The first-order chi connectivity index (χ1) is 10.6. The first-order valence-corrected chi connectivity index (χ1v) is 8.04. The van der Waals surface area contributed by atoms with Gasteiger partial charge >= 0.3 is 6.03 Å². The standard InChI is InChI=1S/C17H24N2O3/c1-12-10-19(11-13(2)22-12)17(20)18-7-5-14-3-4-16-15(9-14)6-8-21-16/h3-4,9,12-13H,5-8,10-11H2,1-2H3,(H,18,20). The number of amides is 2. The van der Waals surface area contributed by atoms with E-state index in [1.807, 2.05) is 24.8 Å². The molecule has 0 spiro atoms. The first kappa shape index (κ1) is 15.2. The summed E-state index contributed by atoms with van der Waals surface area (Å²) < 4.78 is 11.2. The van der Waals surface area contributed by atoms with E-state index in [0.717, 1.165) is 25.2 Å². The fourth-order valence-electron chi connectivity index (χ4n) is 3.16. The average Bonchev–Trinajstić information content (AvgIpc) is 2.93. The van der Waals surface area contributed by atoms with Crippen molar-refractivity contribution in [2.24, 2.45) is 0 Å². The van der Waals surface area contributed by atoms with Gasteiger partial charge in [0.2, 0.25) is 0 Å². The Morgan fingerprint density at radius 1 is 1.32 bits per heavy atom. The Morgan fingerprint density at radius 3 is 2.86 bits per heavy atom. The molecular formula is C17H24N2O3. The maximum absolute atomic E-state index is 12.2. The minimum Gasteiger partial charge on any atom is -0.493 e. The maximum atomic E-state index is 12.2. The van der Waals surface area contributed by atoms with E-state index in [2.05, 4.69) is 17.4 Å². The molecule has 5 nitrogen and oxygen atoms in total. The molecule has 1 aromatic carbocycles. The number of nitrogens with zero attached hydrogens (tertiary/aromatic N) is 1. The third-order valence-corrected chi connectivity index (χ3v) is 4.15. The number of morpholine rings is 1. The Balaban J connectivity index is 1.47. The zero-order valence-corrected chi connectivity index (χ0v) is 13.3. The fourth-order valence-corrected chi connectivity index (χ4v) is 3.16. The molecule has 0 saturated carbocycles. The van der Waals surface area contributed by atoms with E-state index in [1.54, 1.807) is 0 Å². The molecular weight excluding hydrogens is 280 g/mol. The van der Waals surface area contributed by atoms with Gasteiger partial charge in [0.15, 0.2) is 0 Å². The number of ether oxygens (including phenoxy) is 2. The SMILES string of the molecule is CC1CN(C(=O)NCCc2ccc3c(c2)CCO3)CC(C)O1. The molecule has 0 aliphatic carbocycles. The maximum Gasteiger partial charge on any atom is 0.317 e. The molecule has 22 heavy (non-hydrogen) atoms. The van der Waals surface area contributed by atoms with Crippen LogP contribution < -0.4 is 10.1 Å². The molecule has 2 aliphatic rings. The van der Waals surface area contributed by atoms with E-state index in [-0.39, 0.29) is 18.2 Å². The van der Waals surface area contributed by atoms with Crippen molar-refractivity contribution in [2.75, 3.05) is 26.2 Å². The Bertz CT molecular complexity index is 537. The van der Waals surface area contributed by atoms with Crippen LogP contribution in [-0.2, 0) is 17.6 Å². The van der Waals surface area contributed by atoms with E-state index >= 15 is 0 Å². The summed E-state index contributed by atoms with van der Waals surface area (Å²) in [6.45, 7) is 6.76. The third kappa shape index (κ3) is 3.53. The molecule has 1 aromatic rings. The van der Waals surface area contributed by atoms with Gasteiger partial charge in [0.1, 0.15) is 5.75 Å². The molecule has 2 unspecified atom stereocenters. The summed E-state index contributed by atoms with van der Waals surface area (Å²) in [7, 11) is 0. The number of fused-ring (bicyclic) bond motifs is 1. The Hall–Kier alpha value is -1.75. The van der Waals surface area contributed by atoms with Gasteiger partial charge in [0, 0.05) is 26.1 Å². The van der Waals surface area contributed by atoms with E-state index < -0.39 is 0 Å². The van der Waals surface area contributed by atoms with Crippen molar-refractivity contribution in [1.29, 1.82) is 0 Å². The van der Waals surface area contributed by atoms with E-state index in [9.17, 15) is 4.79 Å². The molecule has 0 aromatic heterocycles. The molecule has 120 valence electrons. The Kier molecular flexibility index (Phi) is 4.52. The fraction of sp³-hybridized carbons (Fsp3) is 0.588. The molecule has 1 fully saturated rings. The van der Waals surface area contributed by atoms with Gasteiger partial charge in [-0.3, -0.25) is 0 Å². The van der Waals surface area contributed by atoms with Crippen LogP contribution in [-0.4, -0.2) is 49.4 Å². The lowest BCUT2D eigenvalue weighted by Gasteiger charge is -2.35. The third-order valence-electron chi connectivity index (χ3n) is 4.15. The van der Waals surface area contributed by atoms with Gasteiger partial charge in [0.05, 0.1) is 18.8 Å². The molecule has 0 bridgehead atoms. The van der Waals surface area contributed by atoms with Crippen molar-refractivity contribution < 1.29 is 14.3 Å². The second kappa shape index (κ2) is 6.57. The van der Waals surface area contributed by atoms with Gasteiger partial charge < -0.3 is 19.7 Å². The van der Waals surface area contributed by atoms with Crippen molar-refractivity contribution in [3.63, 3.8) is 0 Å². The summed E-state index contributed by atoms with van der Waals surface area (Å²) in [4.78, 5) is 14.0. The number of hydrogen-bond donors (Lipinski definition) is 1. The highest BCUT2D eigenvalue weighted by molar-refractivity contribution is 5.74. The lowest BCUT2D eigenvalue weighted by atomic mass is 10.1. The summed E-state index contributed by atoms with van der Waals surface area (Å²) in [5.41, 5.74) is 2.52. The van der Waals surface area contributed by atoms with Crippen LogP contribution in [0, 0.1) is 0 Å². The predicted molar refractivity (Wildman–Crippen MR) is 84.3 cm³/mol. The van der Waals surface area contributed by atoms with Crippen LogP contribution in [0.15, 0.2) is 18.2 Å². The number of benzene rings is 1. The lowest BCUT2D eigenvalue weighted by molar-refractivity contribution is -0.0544. The Labute approximate surface area is 131 Å². The van der Waals surface area contributed by atoms with Crippen LogP contribution >= 0.6 is 0 Å². The zero-order valence-electron chi connectivity index (χ0n) is 13.3. The molecule has 0 radical (unpaired) electrons. The van der Waals surface area contributed by atoms with E-state index in [1.165, 1.54) is 11.1 Å². The lowest BCUT2D eigenvalue weighted by Crippen LogP contribution is -2.51. The number of carbonyl (C=O) groups is 1. The van der Waals surface area contributed by atoms with Crippen LogP contribution in [0.4, 0.5) is 4.79 Å². The number of hydrogen-bond acceptors (Lipinski definition) is 3. The highest BCUT2D eigenvalue weighted by Gasteiger charge is 2.25. The van der Waals surface area contributed by atoms with Gasteiger partial charge in [0.25, 0.3) is 0 Å². The number of urea groups is 1. The largest absolute Gasteiger partial charge is 0.493 e. The molecule has 1 saturated heterocycles. The van der Waals surface area contributed by atoms with Crippen molar-refractivity contribution >= 4 is 6.03 Å². The average molecular weight is 304 g/mol. The van der Waals surface area contributed by atoms with Gasteiger partial charge in [-0.05, 0) is 37.5 Å². The van der Waals surface area contributed by atoms with Crippen molar-refractivity contribution in [3.8, 4) is 5.75 Å². The Morgan fingerprint density at radius 2 is 2.09 bits per heavy atom. The van der Waals surface area contributed by atoms with E-state index in [4.69, 9.17) is 9.47 Å². The summed E-state index contributed by atoms with van der Waals surface area (Å²) in [5.74, 6) is 1.00. The van der Waals surface area contributed by atoms with Gasteiger partial charge in [-0.15, -0.1) is 0 Å². The number of carbonyl (C=O) groups excluding carboxylic acids is 1. The quantitative estimate of drug-likeness (QED) is 0.929. The van der Waals surface area contributed by atoms with Crippen molar-refractivity contribution in [1.82, 2.24) is 10.2 Å². The molecule has 5 heteroatoms. The topological polar surface area (TPSA) is 50.8 Å². The smallest absolute Gasteiger partial charge is 0.317 e. The molecule has 2 aliphatic heterocycles. The summed E-state index contributed by atoms with van der Waals surface area (Å²) >= 11 is 0. The number of nitrogens with one attached hydrogen (secondary N) is 1. The highest BCUT2D eigenvalue weighted by atomic mass is 16.5. The van der Waals surface area contributed by atoms with Crippen molar-refractivity contribution in [3.05, 3.63) is 29.3 Å². The minimum absolute atomic E-state index is 0.00601. The van der Waals surface area contributed by atoms with Crippen LogP contribution in [0.25, 0.3) is 0 Å². The summed E-state index contributed by atoms with van der Waals surface area (Å²) in [6.07, 6.45) is 2.03. The first-order valence-electron chi connectivity index (χ1n) is 8.04. The minimum atomic E-state index is 0.00601. The zero-order chi connectivity index (χ0) is 15.5. The molecule has 2 atom stereocenters. The summed E-state index contributed by atoms with van der Waals surface area (Å²) in [6, 6.07) is 6.31. The van der Waals surface area contributed by atoms with Crippen LogP contribution in [0.5, 0.6) is 5.75 Å². The second-order valence-electron chi connectivity index (χ2n) is 6.18. The monoisotopic (exact) mass is 304 g/mol. The molecule has 2 amide bonds. The van der Waals surface area contributed by atoms with Gasteiger partial charge in [-0.25, -0.2) is 4.79 Å². The van der Waals surface area contributed by atoms with Crippen LogP contribution in [0.2, 0.25) is 0 Å². The number of rotatable bonds is 3. The van der Waals surface area contributed by atoms with Crippen LogP contribution in [0.1, 0.15) is 25.0 Å². The normalized spacial score (nSPS) is 23.8. The molecule has 2 heterocycles. The summed E-state index contributed by atoms with van der Waals surface area (Å²) in [5, 5.41) is 3.01. The highest BCUT2D eigenvalue weighted by Crippen LogP contribution is 2.25. The predicted octanol–water partition coefficient (Wildman–Crippen LogP) is 1.98. The molecule has 1 N–H and O–H groups in total. The van der Waals surface area contributed by atoms with Crippen LogP contribution in [0.3, 0.4) is 0 Å². The molecule has 3 rings (SSSR count). The van der Waals surface area contributed by atoms with Crippen molar-refractivity contribution in [2.45, 2.75) is 38.9 Å². The van der Waals surface area contributed by atoms with Gasteiger partial charge in [-0.1, -0.05) is 12.1 Å². The second-order valence-corrected chi connectivity index (χ2v) is 6.18.